The summed E-state index contributed by atoms with van der Waals surface area (Å²) in [6, 6.07) is 9.12. The van der Waals surface area contributed by atoms with Crippen molar-refractivity contribution in [2.45, 2.75) is 6.54 Å². The summed E-state index contributed by atoms with van der Waals surface area (Å²) in [5.41, 5.74) is 6.20. The summed E-state index contributed by atoms with van der Waals surface area (Å²) in [5, 5.41) is 10.8. The van der Waals surface area contributed by atoms with Gasteiger partial charge in [0.15, 0.2) is 0 Å². The fraction of sp³-hybridized carbons (Fsp3) is 0.167. The highest BCUT2D eigenvalue weighted by atomic mass is 32.1. The number of rotatable bonds is 3. The fourth-order valence-corrected chi connectivity index (χ4v) is 2.41. The number of hydrogen-bond donors (Lipinski definition) is 1. The van der Waals surface area contributed by atoms with E-state index in [2.05, 4.69) is 0 Å². The Labute approximate surface area is 103 Å². The first-order valence-electron chi connectivity index (χ1n) is 5.16. The summed E-state index contributed by atoms with van der Waals surface area (Å²) in [4.78, 5) is 13.0. The molecule has 0 aliphatic heterocycles. The molecule has 0 radical (unpaired) electrons. The van der Waals surface area contributed by atoms with Crippen LogP contribution < -0.4 is 11.3 Å². The minimum absolute atomic E-state index is 0.152. The highest BCUT2D eigenvalue weighted by molar-refractivity contribution is 7.13. The Morgan fingerprint density at radius 1 is 1.41 bits per heavy atom. The number of nitrogens with two attached hydrogens (primary N) is 1. The third-order valence-corrected chi connectivity index (χ3v) is 3.31. The van der Waals surface area contributed by atoms with Crippen LogP contribution in [0.15, 0.2) is 34.4 Å². The molecule has 0 unspecified atom stereocenters. The molecular weight excluding hydrogens is 234 g/mol. The Kier molecular flexibility index (Phi) is 3.38. The maximum atomic E-state index is 12.0. The second-order valence-corrected chi connectivity index (χ2v) is 4.41. The highest BCUT2D eigenvalue weighted by Gasteiger charge is 2.10. The zero-order chi connectivity index (χ0) is 12.3. The van der Waals surface area contributed by atoms with Gasteiger partial charge in [-0.1, -0.05) is 6.07 Å². The summed E-state index contributed by atoms with van der Waals surface area (Å²) in [5.74, 6) is 0. The van der Waals surface area contributed by atoms with E-state index in [4.69, 9.17) is 11.0 Å². The van der Waals surface area contributed by atoms with Gasteiger partial charge in [-0.3, -0.25) is 4.79 Å². The average Bonchev–Trinajstić information content (AvgIpc) is 2.85. The van der Waals surface area contributed by atoms with E-state index in [1.54, 1.807) is 28.0 Å². The largest absolute Gasteiger partial charge is 0.329 e. The van der Waals surface area contributed by atoms with Crippen molar-refractivity contribution in [3.8, 4) is 16.6 Å². The fourth-order valence-electron chi connectivity index (χ4n) is 1.65. The lowest BCUT2D eigenvalue weighted by Gasteiger charge is -2.10. The smallest absolute Gasteiger partial charge is 0.269 e. The van der Waals surface area contributed by atoms with Gasteiger partial charge < -0.3 is 10.3 Å². The molecule has 4 nitrogen and oxygen atoms in total. The van der Waals surface area contributed by atoms with Crippen molar-refractivity contribution in [2.24, 2.45) is 5.73 Å². The molecule has 0 aliphatic carbocycles. The number of hydrogen-bond acceptors (Lipinski definition) is 4. The van der Waals surface area contributed by atoms with E-state index in [1.807, 2.05) is 23.6 Å². The summed E-state index contributed by atoms with van der Waals surface area (Å²) in [7, 11) is 0. The van der Waals surface area contributed by atoms with Gasteiger partial charge in [0.05, 0.1) is 10.6 Å². The third-order valence-electron chi connectivity index (χ3n) is 2.42. The van der Waals surface area contributed by atoms with Gasteiger partial charge >= 0.3 is 0 Å². The lowest BCUT2D eigenvalue weighted by Crippen LogP contribution is -2.27. The summed E-state index contributed by atoms with van der Waals surface area (Å²) in [6.07, 6.45) is 0. The highest BCUT2D eigenvalue weighted by Crippen LogP contribution is 2.23. The summed E-state index contributed by atoms with van der Waals surface area (Å²) >= 11 is 1.55. The van der Waals surface area contributed by atoms with Crippen LogP contribution in [0.4, 0.5) is 0 Å². The van der Waals surface area contributed by atoms with E-state index in [0.717, 1.165) is 10.6 Å². The second kappa shape index (κ2) is 4.95. The second-order valence-electron chi connectivity index (χ2n) is 3.47. The topological polar surface area (TPSA) is 71.8 Å². The number of nitrogens with zero attached hydrogens (tertiary/aromatic N) is 2. The Hall–Kier alpha value is -1.90. The van der Waals surface area contributed by atoms with Crippen molar-refractivity contribution in [3.05, 3.63) is 45.6 Å². The van der Waals surface area contributed by atoms with Crippen LogP contribution >= 0.6 is 11.3 Å². The maximum absolute atomic E-state index is 12.0. The van der Waals surface area contributed by atoms with Crippen molar-refractivity contribution in [2.75, 3.05) is 6.54 Å². The molecule has 2 heterocycles. The molecule has 2 rings (SSSR count). The first kappa shape index (κ1) is 11.6. The molecule has 0 bridgehead atoms. The zero-order valence-electron chi connectivity index (χ0n) is 9.09. The molecule has 0 spiro atoms. The molecule has 0 saturated carbocycles. The van der Waals surface area contributed by atoms with Crippen molar-refractivity contribution in [1.29, 1.82) is 5.26 Å². The number of nitriles is 1. The molecule has 0 aliphatic rings. The van der Waals surface area contributed by atoms with Crippen LogP contribution in [0, 0.1) is 11.3 Å². The molecule has 0 atom stereocenters. The molecule has 0 amide bonds. The van der Waals surface area contributed by atoms with Crippen LogP contribution in [-0.4, -0.2) is 11.1 Å². The standard InChI is InChI=1S/C12H11N3OS/c13-5-6-15-10(11-2-1-7-17-11)4-3-9(8-14)12(15)16/h1-4,7H,5-6,13H2. The van der Waals surface area contributed by atoms with Gasteiger partial charge in [-0.05, 0) is 23.6 Å². The van der Waals surface area contributed by atoms with Crippen LogP contribution in [0.5, 0.6) is 0 Å². The lowest BCUT2D eigenvalue weighted by molar-refractivity contribution is 0.687. The molecule has 17 heavy (non-hydrogen) atoms. The van der Waals surface area contributed by atoms with E-state index >= 15 is 0 Å². The quantitative estimate of drug-likeness (QED) is 0.888. The molecule has 0 saturated heterocycles. The molecule has 86 valence electrons. The normalized spacial score (nSPS) is 10.1. The van der Waals surface area contributed by atoms with Crippen LogP contribution in [0.2, 0.25) is 0 Å². The molecule has 2 aromatic heterocycles. The number of aromatic nitrogens is 1. The predicted octanol–water partition coefficient (Wildman–Crippen LogP) is 1.41. The van der Waals surface area contributed by atoms with Crippen molar-refractivity contribution in [1.82, 2.24) is 4.57 Å². The first-order chi connectivity index (χ1) is 8.27. The Bertz CT molecular complexity index is 608. The monoisotopic (exact) mass is 245 g/mol. The van der Waals surface area contributed by atoms with Gasteiger partial charge in [0.25, 0.3) is 5.56 Å². The van der Waals surface area contributed by atoms with Crippen LogP contribution in [0.25, 0.3) is 10.6 Å². The van der Waals surface area contributed by atoms with Gasteiger partial charge in [-0.15, -0.1) is 11.3 Å². The Morgan fingerprint density at radius 3 is 2.82 bits per heavy atom. The SMILES string of the molecule is N#Cc1ccc(-c2cccs2)n(CCN)c1=O. The maximum Gasteiger partial charge on any atom is 0.269 e. The van der Waals surface area contributed by atoms with Crippen LogP contribution in [0.1, 0.15) is 5.56 Å². The molecule has 5 heteroatoms. The Balaban J connectivity index is 2.65. The Morgan fingerprint density at radius 2 is 2.24 bits per heavy atom. The van der Waals surface area contributed by atoms with Crippen LogP contribution in [0.3, 0.4) is 0 Å². The molecule has 2 N–H and O–H groups in total. The van der Waals surface area contributed by atoms with Crippen molar-refractivity contribution in [3.63, 3.8) is 0 Å². The van der Waals surface area contributed by atoms with Gasteiger partial charge in [-0.25, -0.2) is 0 Å². The first-order valence-corrected chi connectivity index (χ1v) is 6.03. The average molecular weight is 245 g/mol. The van der Waals surface area contributed by atoms with Crippen molar-refractivity contribution < 1.29 is 0 Å². The van der Waals surface area contributed by atoms with Gasteiger partial charge in [0.1, 0.15) is 11.6 Å². The van der Waals surface area contributed by atoms with Gasteiger partial charge in [-0.2, -0.15) is 5.26 Å². The van der Waals surface area contributed by atoms with E-state index < -0.39 is 0 Å². The molecular formula is C12H11N3OS. The minimum Gasteiger partial charge on any atom is -0.329 e. The number of pyridine rings is 1. The summed E-state index contributed by atoms with van der Waals surface area (Å²) in [6.45, 7) is 0.786. The zero-order valence-corrected chi connectivity index (χ0v) is 9.91. The van der Waals surface area contributed by atoms with Gasteiger partial charge in [0.2, 0.25) is 0 Å². The van der Waals surface area contributed by atoms with E-state index in [1.165, 1.54) is 0 Å². The lowest BCUT2D eigenvalue weighted by atomic mass is 10.2. The molecule has 0 fully saturated rings. The number of thiophene rings is 1. The van der Waals surface area contributed by atoms with E-state index in [9.17, 15) is 4.79 Å². The summed E-state index contributed by atoms with van der Waals surface area (Å²) < 4.78 is 1.56. The van der Waals surface area contributed by atoms with Crippen LogP contribution in [-0.2, 0) is 6.54 Å². The van der Waals surface area contributed by atoms with Gasteiger partial charge in [0, 0.05) is 13.1 Å². The van der Waals surface area contributed by atoms with E-state index in [-0.39, 0.29) is 11.1 Å². The molecule has 0 aromatic carbocycles. The third kappa shape index (κ3) is 2.13. The van der Waals surface area contributed by atoms with E-state index in [0.29, 0.717) is 13.1 Å². The van der Waals surface area contributed by atoms with Crippen molar-refractivity contribution >= 4 is 11.3 Å². The predicted molar refractivity (Wildman–Crippen MR) is 67.8 cm³/mol. The molecule has 2 aromatic rings. The minimum atomic E-state index is -0.274.